The molecule has 4 aromatic heterocycles. The van der Waals surface area contributed by atoms with E-state index < -0.39 is 96.0 Å². The fraction of sp³-hybridized carbons (Fsp3) is 0.565. The summed E-state index contributed by atoms with van der Waals surface area (Å²) in [7, 11) is -7.69. The number of nitrogens with zero attached hydrogens (tertiary/aromatic N) is 8. The molecule has 0 aromatic carbocycles. The maximum Gasteiger partial charge on any atom is 0.353 e. The zero-order valence-electron chi connectivity index (χ0n) is 24.0. The van der Waals surface area contributed by atoms with E-state index in [2.05, 4.69) is 29.9 Å². The minimum Gasteiger partial charge on any atom is -0.396 e. The van der Waals surface area contributed by atoms with E-state index in [1.54, 1.807) is 0 Å². The minimum absolute atomic E-state index is 0.0785. The van der Waals surface area contributed by atoms with Gasteiger partial charge in [0.1, 0.15) is 60.8 Å². The summed E-state index contributed by atoms with van der Waals surface area (Å²) in [6.45, 7) is -1.07. The highest BCUT2D eigenvalue weighted by molar-refractivity contribution is 7.52. The first-order valence-corrected chi connectivity index (χ1v) is 17.4. The minimum atomic E-state index is -4.58. The molecular weight excluding hydrogens is 670 g/mol. The van der Waals surface area contributed by atoms with E-state index in [4.69, 9.17) is 34.9 Å². The summed E-state index contributed by atoms with van der Waals surface area (Å²) in [5, 5.41) is 31.7. The quantitative estimate of drug-likeness (QED) is 0.0778. The standard InChI is InChI=1S/C23H30N10O12P2/c24-17-12-19(28-3-26-17)32(5-30-12)21-16(41-7-46(37)38)14(35)10(44-21)2-43-47(39,40)8-42-15-11-9(1-34)23(11,36)45-22(15)33-6-31-13-18(25)27-4-29-20(13)33/h3-6,9-11,14-16,21-22,34-36,46H,1-2,7-8H2,(H,37,38)(H,39,40)(H2,24,26,28)(H2,25,27,29)/t9-,10-,11?,14?,15+,16?,21-,22-,23?/m1/s1. The van der Waals surface area contributed by atoms with Gasteiger partial charge in [-0.1, -0.05) is 0 Å². The Morgan fingerprint density at radius 1 is 0.979 bits per heavy atom. The number of fused-ring (bicyclic) bond motifs is 3. The first kappa shape index (κ1) is 32.3. The third kappa shape index (κ3) is 5.59. The molecule has 1 aliphatic carbocycles. The van der Waals surface area contributed by atoms with Crippen LogP contribution in [-0.2, 0) is 32.6 Å². The fourth-order valence-electron chi connectivity index (χ4n) is 6.11. The molecule has 0 amide bonds. The average molecular weight is 700 g/mol. The Morgan fingerprint density at radius 3 is 2.19 bits per heavy atom. The summed E-state index contributed by atoms with van der Waals surface area (Å²) in [6.07, 6.45) is -3.72. The Bertz CT molecular complexity index is 1880. The molecule has 1 saturated carbocycles. The molecule has 9 N–H and O–H groups in total. The summed E-state index contributed by atoms with van der Waals surface area (Å²) >= 11 is 0. The lowest BCUT2D eigenvalue weighted by molar-refractivity contribution is -0.185. The Hall–Kier alpha value is -3.24. The number of ether oxygens (including phenoxy) is 4. The molecule has 11 atom stereocenters. The molecule has 4 aromatic rings. The molecule has 0 spiro atoms. The second kappa shape index (κ2) is 12.0. The van der Waals surface area contributed by atoms with Crippen LogP contribution in [0, 0.1) is 11.8 Å². The number of nitrogens with two attached hydrogens (primary N) is 2. The number of imidazole rings is 2. The maximum absolute atomic E-state index is 13.2. The monoisotopic (exact) mass is 700 g/mol. The lowest BCUT2D eigenvalue weighted by atomic mass is 10.1. The van der Waals surface area contributed by atoms with Crippen molar-refractivity contribution in [3.8, 4) is 0 Å². The van der Waals surface area contributed by atoms with E-state index in [9.17, 15) is 34.2 Å². The van der Waals surface area contributed by atoms with Gasteiger partial charge in [0, 0.05) is 5.92 Å². The van der Waals surface area contributed by atoms with E-state index in [0.717, 1.165) is 0 Å². The normalized spacial score (nSPS) is 33.7. The lowest BCUT2D eigenvalue weighted by Gasteiger charge is -2.26. The van der Waals surface area contributed by atoms with Crippen molar-refractivity contribution in [3.05, 3.63) is 25.3 Å². The van der Waals surface area contributed by atoms with Crippen molar-refractivity contribution in [2.75, 3.05) is 37.4 Å². The molecule has 6 heterocycles. The molecule has 254 valence electrons. The number of aliphatic hydroxyl groups excluding tert-OH is 2. The highest BCUT2D eigenvalue weighted by Gasteiger charge is 2.76. The van der Waals surface area contributed by atoms with Gasteiger partial charge >= 0.3 is 7.60 Å². The van der Waals surface area contributed by atoms with E-state index in [0.29, 0.717) is 0 Å². The third-order valence-corrected chi connectivity index (χ3v) is 9.82. The van der Waals surface area contributed by atoms with Crippen LogP contribution in [0.1, 0.15) is 12.5 Å². The Morgan fingerprint density at radius 2 is 1.60 bits per heavy atom. The summed E-state index contributed by atoms with van der Waals surface area (Å²) in [4.78, 5) is 44.5. The van der Waals surface area contributed by atoms with Gasteiger partial charge in [0.15, 0.2) is 41.2 Å². The Balaban J connectivity index is 1.06. The van der Waals surface area contributed by atoms with Gasteiger partial charge in [-0.2, -0.15) is 0 Å². The van der Waals surface area contributed by atoms with Crippen LogP contribution in [0.15, 0.2) is 25.3 Å². The number of hydrogen-bond acceptors (Lipinski definition) is 18. The zero-order valence-corrected chi connectivity index (χ0v) is 25.9. The number of anilines is 2. The first-order chi connectivity index (χ1) is 22.4. The molecule has 0 bridgehead atoms. The summed E-state index contributed by atoms with van der Waals surface area (Å²) in [6, 6.07) is 0. The number of hydrogen-bond donors (Lipinski definition) is 7. The van der Waals surface area contributed by atoms with Crippen molar-refractivity contribution in [2.45, 2.75) is 42.7 Å². The van der Waals surface area contributed by atoms with Crippen molar-refractivity contribution >= 4 is 49.6 Å². The average Bonchev–Trinajstić information content (AvgIpc) is 3.55. The van der Waals surface area contributed by atoms with Crippen LogP contribution >= 0.6 is 15.6 Å². The second-order valence-electron chi connectivity index (χ2n) is 11.2. The molecule has 22 nitrogen and oxygen atoms in total. The van der Waals surface area contributed by atoms with Crippen molar-refractivity contribution in [1.29, 1.82) is 0 Å². The SMILES string of the molecule is Nc1ncnc2c1ncn2[C@@H]1O[C@H](COP(=O)(O)CO[C@H]2C3[C@@H](CO)C3(O)O[C@H]2n2cnc3c(N)ncnc32)C(O)C1OC[PH](=O)O. The van der Waals surface area contributed by atoms with Crippen LogP contribution in [-0.4, -0.2) is 120 Å². The maximum atomic E-state index is 13.2. The molecule has 6 unspecified atom stereocenters. The predicted molar refractivity (Wildman–Crippen MR) is 155 cm³/mol. The van der Waals surface area contributed by atoms with Crippen LogP contribution in [0.25, 0.3) is 22.3 Å². The second-order valence-corrected chi connectivity index (χ2v) is 14.0. The molecule has 0 radical (unpaired) electrons. The van der Waals surface area contributed by atoms with Crippen molar-refractivity contribution in [3.63, 3.8) is 0 Å². The Kier molecular flexibility index (Phi) is 8.26. The van der Waals surface area contributed by atoms with Crippen LogP contribution in [0.3, 0.4) is 0 Å². The predicted octanol–water partition coefficient (Wildman–Crippen LogP) is -2.10. The topological polar surface area (TPSA) is 321 Å². The van der Waals surface area contributed by atoms with Gasteiger partial charge in [0.25, 0.3) is 0 Å². The highest BCUT2D eigenvalue weighted by atomic mass is 31.2. The molecule has 2 saturated heterocycles. The fourth-order valence-corrected chi connectivity index (χ4v) is 7.26. The zero-order chi connectivity index (χ0) is 33.2. The van der Waals surface area contributed by atoms with Crippen LogP contribution < -0.4 is 11.5 Å². The van der Waals surface area contributed by atoms with E-state index in [1.807, 2.05) is 0 Å². The van der Waals surface area contributed by atoms with Gasteiger partial charge in [-0.15, -0.1) is 0 Å². The van der Waals surface area contributed by atoms with Gasteiger partial charge in [-0.3, -0.25) is 18.3 Å². The summed E-state index contributed by atoms with van der Waals surface area (Å²) in [5.74, 6) is -3.07. The van der Waals surface area contributed by atoms with Crippen molar-refractivity contribution in [1.82, 2.24) is 39.0 Å². The summed E-state index contributed by atoms with van der Waals surface area (Å²) in [5.41, 5.74) is 12.7. The number of nitrogen functional groups attached to an aromatic ring is 2. The molecule has 3 fully saturated rings. The number of aliphatic hydroxyl groups is 3. The molecule has 24 heteroatoms. The van der Waals surface area contributed by atoms with Crippen LogP contribution in [0.2, 0.25) is 0 Å². The van der Waals surface area contributed by atoms with Crippen molar-refractivity contribution in [2.24, 2.45) is 11.8 Å². The molecular formula is C23H30N10O12P2. The lowest BCUT2D eigenvalue weighted by Crippen LogP contribution is -2.36. The van der Waals surface area contributed by atoms with E-state index >= 15 is 0 Å². The van der Waals surface area contributed by atoms with Crippen LogP contribution in [0.5, 0.6) is 0 Å². The van der Waals surface area contributed by atoms with Gasteiger partial charge < -0.3 is 60.0 Å². The highest BCUT2D eigenvalue weighted by Crippen LogP contribution is 2.63. The molecule has 3 aliphatic rings. The largest absolute Gasteiger partial charge is 0.396 e. The molecule has 7 rings (SSSR count). The Labute approximate surface area is 263 Å². The molecule has 47 heavy (non-hydrogen) atoms. The van der Waals surface area contributed by atoms with E-state index in [1.165, 1.54) is 34.4 Å². The molecule has 2 aliphatic heterocycles. The van der Waals surface area contributed by atoms with Crippen LogP contribution in [0.4, 0.5) is 11.6 Å². The van der Waals surface area contributed by atoms with Crippen molar-refractivity contribution < 1.29 is 57.7 Å². The summed E-state index contributed by atoms with van der Waals surface area (Å²) < 4.78 is 55.8. The van der Waals surface area contributed by atoms with Gasteiger partial charge in [0.05, 0.1) is 31.8 Å². The first-order valence-electron chi connectivity index (χ1n) is 14.1. The van der Waals surface area contributed by atoms with E-state index in [-0.39, 0.29) is 34.0 Å². The third-order valence-electron chi connectivity index (χ3n) is 8.38. The number of aromatic nitrogens is 8. The van der Waals surface area contributed by atoms with Gasteiger partial charge in [-0.25, -0.2) is 29.9 Å². The van der Waals surface area contributed by atoms with Gasteiger partial charge in [-0.05, 0) is 0 Å². The van der Waals surface area contributed by atoms with Gasteiger partial charge in [0.2, 0.25) is 8.03 Å². The smallest absolute Gasteiger partial charge is 0.353 e. The number of rotatable bonds is 12.